The molecule has 0 atom stereocenters. The minimum atomic E-state index is -3.69. The number of thioether (sulfide) groups is 1. The quantitative estimate of drug-likeness (QED) is 0.353. The molecule has 2 N–H and O–H groups in total. The molecule has 1 heterocycles. The van der Waals surface area contributed by atoms with Crippen molar-refractivity contribution in [2.45, 2.75) is 54.6 Å². The van der Waals surface area contributed by atoms with Gasteiger partial charge in [0.25, 0.3) is 5.91 Å². The largest absolute Gasteiger partial charge is 0.383 e. The molecule has 1 aromatic heterocycles. The molecule has 9 nitrogen and oxygen atoms in total. The lowest BCUT2D eigenvalue weighted by atomic mass is 10.2. The van der Waals surface area contributed by atoms with Crippen LogP contribution in [0.1, 0.15) is 54.3 Å². The summed E-state index contributed by atoms with van der Waals surface area (Å²) in [6.07, 6.45) is 8.26. The topological polar surface area (TPSA) is 115 Å². The number of amides is 1. The fourth-order valence-corrected chi connectivity index (χ4v) is 5.49. The highest BCUT2D eigenvalue weighted by Gasteiger charge is 2.23. The van der Waals surface area contributed by atoms with Crippen molar-refractivity contribution in [2.75, 3.05) is 33.1 Å². The van der Waals surface area contributed by atoms with Crippen molar-refractivity contribution in [3.8, 4) is 0 Å². The van der Waals surface area contributed by atoms with E-state index in [0.29, 0.717) is 18.2 Å². The molecule has 3 rings (SSSR count). The summed E-state index contributed by atoms with van der Waals surface area (Å²) in [7, 11) is -2.19. The van der Waals surface area contributed by atoms with Crippen molar-refractivity contribution in [1.82, 2.24) is 24.8 Å². The zero-order valence-electron chi connectivity index (χ0n) is 18.5. The number of aryl methyl sites for hydroxylation is 1. The number of hydrogen-bond donors (Lipinski definition) is 2. The number of carbonyl (C=O) groups is 1. The van der Waals surface area contributed by atoms with Crippen LogP contribution in [0.25, 0.3) is 0 Å². The lowest BCUT2D eigenvalue weighted by Crippen LogP contribution is -2.28. The van der Waals surface area contributed by atoms with Gasteiger partial charge >= 0.3 is 0 Å². The highest BCUT2D eigenvalue weighted by Crippen LogP contribution is 2.33. The summed E-state index contributed by atoms with van der Waals surface area (Å²) in [6, 6.07) is 6.48. The Morgan fingerprint density at radius 1 is 1.25 bits per heavy atom. The van der Waals surface area contributed by atoms with Crippen LogP contribution in [0.3, 0.4) is 0 Å². The van der Waals surface area contributed by atoms with Gasteiger partial charge < -0.3 is 14.6 Å². The Bertz CT molecular complexity index is 1000. The Balaban J connectivity index is 1.54. The van der Waals surface area contributed by atoms with Gasteiger partial charge in [0, 0.05) is 38.2 Å². The van der Waals surface area contributed by atoms with Crippen molar-refractivity contribution in [1.29, 1.82) is 0 Å². The van der Waals surface area contributed by atoms with Crippen LogP contribution in [0.4, 0.5) is 0 Å². The van der Waals surface area contributed by atoms with E-state index < -0.39 is 10.0 Å². The van der Waals surface area contributed by atoms with E-state index in [9.17, 15) is 13.2 Å². The predicted octanol–water partition coefficient (Wildman–Crippen LogP) is 2.40. The van der Waals surface area contributed by atoms with E-state index >= 15 is 0 Å². The van der Waals surface area contributed by atoms with Crippen LogP contribution < -0.4 is 10.0 Å². The lowest BCUT2D eigenvalue weighted by molar-refractivity contribution is 0.0953. The molecule has 0 saturated heterocycles. The Labute approximate surface area is 193 Å². The molecule has 2 aromatic rings. The van der Waals surface area contributed by atoms with E-state index in [1.54, 1.807) is 23.9 Å². The van der Waals surface area contributed by atoms with Gasteiger partial charge in [0.15, 0.2) is 5.16 Å². The Kier molecular flexibility index (Phi) is 9.09. The van der Waals surface area contributed by atoms with Crippen LogP contribution in [-0.2, 0) is 21.2 Å². The molecular formula is C21H31N5O4S2. The van der Waals surface area contributed by atoms with Crippen molar-refractivity contribution >= 4 is 27.7 Å². The number of nitrogens with zero attached hydrogens (tertiary/aromatic N) is 3. The molecule has 0 radical (unpaired) electrons. The molecule has 0 unspecified atom stereocenters. The Morgan fingerprint density at radius 3 is 2.75 bits per heavy atom. The van der Waals surface area contributed by atoms with Gasteiger partial charge in [-0.2, -0.15) is 0 Å². The number of rotatable bonds is 12. The second-order valence-corrected chi connectivity index (χ2v) is 10.2. The first-order valence-corrected chi connectivity index (χ1v) is 13.5. The molecule has 1 saturated carbocycles. The van der Waals surface area contributed by atoms with Gasteiger partial charge in [-0.1, -0.05) is 30.7 Å². The first kappa shape index (κ1) is 24.7. The van der Waals surface area contributed by atoms with Gasteiger partial charge in [-0.15, -0.1) is 10.2 Å². The average Bonchev–Trinajstić information content (AvgIpc) is 3.46. The summed E-state index contributed by atoms with van der Waals surface area (Å²) in [5, 5.41) is 12.5. The van der Waals surface area contributed by atoms with Gasteiger partial charge in [0.2, 0.25) is 10.0 Å². The highest BCUT2D eigenvalue weighted by atomic mass is 32.2. The average molecular weight is 482 g/mol. The van der Waals surface area contributed by atoms with Crippen molar-refractivity contribution in [3.63, 3.8) is 0 Å². The maximum absolute atomic E-state index is 12.5. The third-order valence-corrected chi connectivity index (χ3v) is 7.58. The molecule has 0 spiro atoms. The van der Waals surface area contributed by atoms with E-state index in [-0.39, 0.29) is 24.0 Å². The van der Waals surface area contributed by atoms with Crippen LogP contribution >= 0.6 is 11.8 Å². The zero-order chi connectivity index (χ0) is 23.0. The number of methoxy groups -OCH3 is 1. The van der Waals surface area contributed by atoms with Gasteiger partial charge in [-0.05, 0) is 43.7 Å². The summed E-state index contributed by atoms with van der Waals surface area (Å²) in [4.78, 5) is 12.6. The number of ether oxygens (including phenoxy) is 1. The lowest BCUT2D eigenvalue weighted by Gasteiger charge is -2.16. The summed E-state index contributed by atoms with van der Waals surface area (Å²) >= 11 is 1.61. The minimum absolute atomic E-state index is 0.0514. The molecular weight excluding hydrogens is 450 g/mol. The number of aromatic nitrogens is 3. The monoisotopic (exact) mass is 481 g/mol. The first-order chi connectivity index (χ1) is 15.5. The van der Waals surface area contributed by atoms with Crippen molar-refractivity contribution in [3.05, 3.63) is 35.7 Å². The number of carbonyl (C=O) groups excluding carboxylic acids is 1. The van der Waals surface area contributed by atoms with Crippen molar-refractivity contribution in [2.24, 2.45) is 0 Å². The first-order valence-electron chi connectivity index (χ1n) is 10.8. The number of sulfonamides is 1. The molecule has 11 heteroatoms. The summed E-state index contributed by atoms with van der Waals surface area (Å²) in [5.41, 5.74) is 0.304. The Hall–Kier alpha value is -1.95. The maximum atomic E-state index is 12.5. The second-order valence-electron chi connectivity index (χ2n) is 7.69. The summed E-state index contributed by atoms with van der Waals surface area (Å²) in [5.74, 6) is 0.659. The van der Waals surface area contributed by atoms with E-state index in [1.165, 1.54) is 32.1 Å². The second kappa shape index (κ2) is 11.8. The predicted molar refractivity (Wildman–Crippen MR) is 123 cm³/mol. The third kappa shape index (κ3) is 6.31. The molecule has 0 bridgehead atoms. The van der Waals surface area contributed by atoms with E-state index in [4.69, 9.17) is 4.74 Å². The summed E-state index contributed by atoms with van der Waals surface area (Å²) < 4.78 is 34.3. The van der Waals surface area contributed by atoms with Crippen LogP contribution in [0.15, 0.2) is 34.3 Å². The van der Waals surface area contributed by atoms with Crippen molar-refractivity contribution < 1.29 is 17.9 Å². The highest BCUT2D eigenvalue weighted by molar-refractivity contribution is 7.98. The van der Waals surface area contributed by atoms with Gasteiger partial charge in [0.05, 0.1) is 11.5 Å². The Morgan fingerprint density at radius 2 is 2.03 bits per heavy atom. The molecule has 1 fully saturated rings. The summed E-state index contributed by atoms with van der Waals surface area (Å²) in [6.45, 7) is 0.902. The molecule has 176 valence electrons. The van der Waals surface area contributed by atoms with E-state index in [0.717, 1.165) is 36.7 Å². The number of hydrogen-bond acceptors (Lipinski definition) is 7. The normalized spacial score (nSPS) is 14.7. The van der Waals surface area contributed by atoms with Gasteiger partial charge in [-0.25, -0.2) is 13.1 Å². The zero-order valence-corrected chi connectivity index (χ0v) is 20.2. The maximum Gasteiger partial charge on any atom is 0.251 e. The molecule has 1 amide bonds. The molecule has 1 aliphatic carbocycles. The standard InChI is InChI=1S/C21H31N5O4S2/c1-30-14-13-23-32(28,29)18-10-5-7-16(15-18)20(27)22-12-6-11-19-24-25-21(31-2)26(19)17-8-3-4-9-17/h5,7,10,15,17,23H,3-4,6,8-9,11-14H2,1-2H3,(H,22,27). The van der Waals surface area contributed by atoms with Gasteiger partial charge in [-0.3, -0.25) is 4.79 Å². The number of nitrogens with one attached hydrogen (secondary N) is 2. The fourth-order valence-electron chi connectivity index (χ4n) is 3.86. The molecule has 0 aliphatic heterocycles. The molecule has 32 heavy (non-hydrogen) atoms. The minimum Gasteiger partial charge on any atom is -0.383 e. The van der Waals surface area contributed by atoms with E-state index in [2.05, 4.69) is 24.8 Å². The molecule has 1 aromatic carbocycles. The van der Waals surface area contributed by atoms with Crippen LogP contribution in [-0.4, -0.2) is 62.2 Å². The van der Waals surface area contributed by atoms with Crippen LogP contribution in [0.5, 0.6) is 0 Å². The molecule has 1 aliphatic rings. The third-order valence-electron chi connectivity index (χ3n) is 5.48. The van der Waals surface area contributed by atoms with Crippen LogP contribution in [0.2, 0.25) is 0 Å². The fraction of sp³-hybridized carbons (Fsp3) is 0.571. The number of benzene rings is 1. The van der Waals surface area contributed by atoms with Gasteiger partial charge in [0.1, 0.15) is 5.82 Å². The van der Waals surface area contributed by atoms with E-state index in [1.807, 2.05) is 6.26 Å². The van der Waals surface area contributed by atoms with Crippen LogP contribution in [0, 0.1) is 0 Å². The smallest absolute Gasteiger partial charge is 0.251 e. The SMILES string of the molecule is COCCNS(=O)(=O)c1cccc(C(=O)NCCCc2nnc(SC)n2C2CCCC2)c1.